The van der Waals surface area contributed by atoms with Gasteiger partial charge in [0.15, 0.2) is 0 Å². The van der Waals surface area contributed by atoms with Gasteiger partial charge in [0.2, 0.25) is 0 Å². The Morgan fingerprint density at radius 2 is 1.87 bits per heavy atom. The maximum Gasteiger partial charge on any atom is 0.279 e. The van der Waals surface area contributed by atoms with E-state index in [4.69, 9.17) is 5.73 Å². The number of rotatable bonds is 5. The van der Waals surface area contributed by atoms with Gasteiger partial charge < -0.3 is 5.73 Å². The lowest BCUT2D eigenvalue weighted by Crippen LogP contribution is -2.43. The quantitative estimate of drug-likeness (QED) is 0.647. The summed E-state index contributed by atoms with van der Waals surface area (Å²) in [6, 6.07) is 0. The standard InChI is InChI=1S/C9H19N3O2S/c10-6-2-3-7-11-15(13,14)12-8-4-1-5-9-12/h2-3,11H,1,4-10H2/b3-2+. The molecule has 0 atom stereocenters. The molecule has 1 aliphatic rings. The van der Waals surface area contributed by atoms with Crippen LogP contribution in [0.2, 0.25) is 0 Å². The molecule has 0 aromatic carbocycles. The molecule has 15 heavy (non-hydrogen) atoms. The lowest BCUT2D eigenvalue weighted by Gasteiger charge is -2.25. The van der Waals surface area contributed by atoms with Crippen LogP contribution in [-0.2, 0) is 10.2 Å². The number of nitrogens with two attached hydrogens (primary N) is 1. The SMILES string of the molecule is NC/C=C/CNS(=O)(=O)N1CCCCC1. The highest BCUT2D eigenvalue weighted by Crippen LogP contribution is 2.11. The third kappa shape index (κ3) is 4.29. The first-order valence-corrected chi connectivity index (χ1v) is 6.70. The van der Waals surface area contributed by atoms with Crippen LogP contribution in [-0.4, -0.2) is 38.9 Å². The second-order valence-corrected chi connectivity index (χ2v) is 5.28. The summed E-state index contributed by atoms with van der Waals surface area (Å²) in [5, 5.41) is 0. The minimum absolute atomic E-state index is 0.316. The van der Waals surface area contributed by atoms with Crippen LogP contribution in [0.15, 0.2) is 12.2 Å². The van der Waals surface area contributed by atoms with Crippen molar-refractivity contribution >= 4 is 10.2 Å². The first-order valence-electron chi connectivity index (χ1n) is 5.26. The minimum atomic E-state index is -3.27. The molecule has 0 bridgehead atoms. The monoisotopic (exact) mass is 233 g/mol. The number of piperidine rings is 1. The van der Waals surface area contributed by atoms with Gasteiger partial charge in [-0.2, -0.15) is 17.4 Å². The Balaban J connectivity index is 2.40. The van der Waals surface area contributed by atoms with Gasteiger partial charge in [0, 0.05) is 26.2 Å². The highest BCUT2D eigenvalue weighted by atomic mass is 32.2. The van der Waals surface area contributed by atoms with E-state index in [1.807, 2.05) is 0 Å². The van der Waals surface area contributed by atoms with Crippen LogP contribution in [0.25, 0.3) is 0 Å². The molecule has 0 radical (unpaired) electrons. The van der Waals surface area contributed by atoms with Crippen molar-refractivity contribution < 1.29 is 8.42 Å². The van der Waals surface area contributed by atoms with Crippen LogP contribution in [0.1, 0.15) is 19.3 Å². The number of hydrogen-bond acceptors (Lipinski definition) is 3. The Hall–Kier alpha value is -0.430. The van der Waals surface area contributed by atoms with Gasteiger partial charge in [-0.3, -0.25) is 0 Å². The number of hydrogen-bond donors (Lipinski definition) is 2. The molecule has 6 heteroatoms. The molecule has 1 rings (SSSR count). The minimum Gasteiger partial charge on any atom is -0.327 e. The van der Waals surface area contributed by atoms with E-state index in [1.165, 1.54) is 4.31 Å². The summed E-state index contributed by atoms with van der Waals surface area (Å²) in [6.07, 6.45) is 6.50. The molecule has 0 spiro atoms. The molecule has 3 N–H and O–H groups in total. The fraction of sp³-hybridized carbons (Fsp3) is 0.778. The Bertz CT molecular complexity index is 294. The van der Waals surface area contributed by atoms with Crippen molar-refractivity contribution in [3.8, 4) is 0 Å². The van der Waals surface area contributed by atoms with Gasteiger partial charge in [-0.15, -0.1) is 0 Å². The van der Waals surface area contributed by atoms with Gasteiger partial charge in [-0.1, -0.05) is 18.6 Å². The molecule has 0 saturated carbocycles. The van der Waals surface area contributed by atoms with Crippen molar-refractivity contribution in [3.63, 3.8) is 0 Å². The maximum absolute atomic E-state index is 11.7. The summed E-state index contributed by atoms with van der Waals surface area (Å²) in [5.74, 6) is 0. The van der Waals surface area contributed by atoms with Gasteiger partial charge in [0.25, 0.3) is 10.2 Å². The summed E-state index contributed by atoms with van der Waals surface area (Å²) < 4.78 is 27.4. The zero-order valence-corrected chi connectivity index (χ0v) is 9.67. The highest BCUT2D eigenvalue weighted by molar-refractivity contribution is 7.87. The average molecular weight is 233 g/mol. The van der Waals surface area contributed by atoms with Crippen molar-refractivity contribution in [2.45, 2.75) is 19.3 Å². The second-order valence-electron chi connectivity index (χ2n) is 3.52. The van der Waals surface area contributed by atoms with E-state index in [1.54, 1.807) is 12.2 Å². The van der Waals surface area contributed by atoms with Crippen molar-refractivity contribution in [1.82, 2.24) is 9.03 Å². The molecule has 0 amide bonds. The Morgan fingerprint density at radius 1 is 1.20 bits per heavy atom. The van der Waals surface area contributed by atoms with Crippen molar-refractivity contribution in [2.24, 2.45) is 5.73 Å². The van der Waals surface area contributed by atoms with Gasteiger partial charge >= 0.3 is 0 Å². The Kier molecular flexibility index (Phi) is 5.24. The molecule has 0 aromatic heterocycles. The Labute approximate surface area is 91.5 Å². The van der Waals surface area contributed by atoms with E-state index in [9.17, 15) is 8.42 Å². The van der Waals surface area contributed by atoms with Gasteiger partial charge in [0.1, 0.15) is 0 Å². The molecule has 88 valence electrons. The van der Waals surface area contributed by atoms with Gasteiger partial charge in [-0.05, 0) is 12.8 Å². The van der Waals surface area contributed by atoms with Crippen LogP contribution in [0, 0.1) is 0 Å². The number of nitrogens with zero attached hydrogens (tertiary/aromatic N) is 1. The predicted octanol–water partition coefficient (Wildman–Crippen LogP) is -0.178. The molecular weight excluding hydrogens is 214 g/mol. The molecular formula is C9H19N3O2S. The van der Waals surface area contributed by atoms with Crippen molar-refractivity contribution in [2.75, 3.05) is 26.2 Å². The highest BCUT2D eigenvalue weighted by Gasteiger charge is 2.22. The smallest absolute Gasteiger partial charge is 0.279 e. The van der Waals surface area contributed by atoms with Crippen molar-refractivity contribution in [1.29, 1.82) is 0 Å². The largest absolute Gasteiger partial charge is 0.327 e. The fourth-order valence-electron chi connectivity index (χ4n) is 1.53. The molecule has 5 nitrogen and oxygen atoms in total. The number of nitrogens with one attached hydrogen (secondary N) is 1. The summed E-state index contributed by atoms with van der Waals surface area (Å²) >= 11 is 0. The van der Waals surface area contributed by atoms with Gasteiger partial charge in [-0.25, -0.2) is 0 Å². The predicted molar refractivity (Wildman–Crippen MR) is 60.5 cm³/mol. The molecule has 1 fully saturated rings. The first-order chi connectivity index (χ1) is 7.17. The van der Waals surface area contributed by atoms with Gasteiger partial charge in [0.05, 0.1) is 0 Å². The zero-order valence-electron chi connectivity index (χ0n) is 8.85. The van der Waals surface area contributed by atoms with Crippen LogP contribution < -0.4 is 10.5 Å². The topological polar surface area (TPSA) is 75.4 Å². The van der Waals surface area contributed by atoms with E-state index in [-0.39, 0.29) is 0 Å². The van der Waals surface area contributed by atoms with Crippen LogP contribution in [0.4, 0.5) is 0 Å². The lowest BCUT2D eigenvalue weighted by molar-refractivity contribution is 0.342. The molecule has 1 saturated heterocycles. The third-order valence-electron chi connectivity index (χ3n) is 2.34. The van der Waals surface area contributed by atoms with Crippen LogP contribution in [0.5, 0.6) is 0 Å². The average Bonchev–Trinajstić information content (AvgIpc) is 2.26. The first kappa shape index (κ1) is 12.6. The molecule has 1 aliphatic heterocycles. The lowest BCUT2D eigenvalue weighted by atomic mass is 10.2. The zero-order chi connectivity index (χ0) is 11.1. The normalized spacial score (nSPS) is 19.8. The molecule has 1 heterocycles. The Morgan fingerprint density at radius 3 is 2.47 bits per heavy atom. The van der Waals surface area contributed by atoms with Crippen molar-refractivity contribution in [3.05, 3.63) is 12.2 Å². The van der Waals surface area contributed by atoms with E-state index in [2.05, 4.69) is 4.72 Å². The van der Waals surface area contributed by atoms with E-state index < -0.39 is 10.2 Å². The summed E-state index contributed by atoms with van der Waals surface area (Å²) in [7, 11) is -3.27. The second kappa shape index (κ2) is 6.22. The van der Waals surface area contributed by atoms with Crippen LogP contribution in [0.3, 0.4) is 0 Å². The third-order valence-corrected chi connectivity index (χ3v) is 3.92. The summed E-state index contributed by atoms with van der Waals surface area (Å²) in [4.78, 5) is 0. The van der Waals surface area contributed by atoms with E-state index in [0.717, 1.165) is 19.3 Å². The summed E-state index contributed by atoms with van der Waals surface area (Å²) in [6.45, 7) is 2.02. The summed E-state index contributed by atoms with van der Waals surface area (Å²) in [5.41, 5.74) is 5.25. The van der Waals surface area contributed by atoms with E-state index in [0.29, 0.717) is 26.2 Å². The molecule has 0 aliphatic carbocycles. The maximum atomic E-state index is 11.7. The van der Waals surface area contributed by atoms with E-state index >= 15 is 0 Å². The molecule has 0 aromatic rings. The fourth-order valence-corrected chi connectivity index (χ4v) is 2.76. The molecule has 0 unspecified atom stereocenters. The van der Waals surface area contributed by atoms with Crippen LogP contribution >= 0.6 is 0 Å².